The maximum absolute atomic E-state index is 13.1. The average Bonchev–Trinajstić information content (AvgIpc) is 2.24. The van der Waals surface area contributed by atoms with Gasteiger partial charge >= 0.3 is 0 Å². The van der Waals surface area contributed by atoms with Crippen molar-refractivity contribution in [2.24, 2.45) is 0 Å². The lowest BCUT2D eigenvalue weighted by molar-refractivity contribution is 0.0492. The van der Waals surface area contributed by atoms with Gasteiger partial charge in [0.25, 0.3) is 0 Å². The van der Waals surface area contributed by atoms with Crippen molar-refractivity contribution in [1.82, 2.24) is 0 Å². The third-order valence-electron chi connectivity index (χ3n) is 3.24. The van der Waals surface area contributed by atoms with Gasteiger partial charge in [-0.2, -0.15) is 0 Å². The summed E-state index contributed by atoms with van der Waals surface area (Å²) in [6.45, 7) is 2.08. The summed E-state index contributed by atoms with van der Waals surface area (Å²) in [6.07, 6.45) is 5.64. The van der Waals surface area contributed by atoms with Crippen molar-refractivity contribution in [2.45, 2.75) is 44.6 Å². The number of anilines is 1. The van der Waals surface area contributed by atoms with Gasteiger partial charge in [0.05, 0.1) is 5.69 Å². The van der Waals surface area contributed by atoms with Gasteiger partial charge in [0.1, 0.15) is 17.2 Å². The van der Waals surface area contributed by atoms with Gasteiger partial charge in [-0.25, -0.2) is 4.39 Å². The minimum atomic E-state index is -0.302. The molecule has 0 aromatic heterocycles. The van der Waals surface area contributed by atoms with E-state index in [0.717, 1.165) is 12.8 Å². The predicted molar refractivity (Wildman–Crippen MR) is 62.9 cm³/mol. The van der Waals surface area contributed by atoms with Gasteiger partial charge in [-0.05, 0) is 44.7 Å². The predicted octanol–water partition coefficient (Wildman–Crippen LogP) is 3.51. The van der Waals surface area contributed by atoms with Crippen molar-refractivity contribution in [1.29, 1.82) is 0 Å². The summed E-state index contributed by atoms with van der Waals surface area (Å²) in [5, 5.41) is 0. The summed E-state index contributed by atoms with van der Waals surface area (Å²) < 4.78 is 19.0. The third kappa shape index (κ3) is 2.46. The number of rotatable bonds is 2. The zero-order chi connectivity index (χ0) is 11.6. The zero-order valence-corrected chi connectivity index (χ0v) is 9.63. The van der Waals surface area contributed by atoms with E-state index in [9.17, 15) is 4.39 Å². The average molecular weight is 223 g/mol. The maximum atomic E-state index is 13.1. The molecule has 0 spiro atoms. The molecule has 1 aliphatic carbocycles. The lowest BCUT2D eigenvalue weighted by Crippen LogP contribution is -2.34. The molecule has 0 unspecified atom stereocenters. The van der Waals surface area contributed by atoms with Crippen LogP contribution in [0.1, 0.15) is 39.0 Å². The van der Waals surface area contributed by atoms with E-state index in [0.29, 0.717) is 11.4 Å². The van der Waals surface area contributed by atoms with Crippen LogP contribution in [0.3, 0.4) is 0 Å². The largest absolute Gasteiger partial charge is 0.485 e. The van der Waals surface area contributed by atoms with E-state index in [1.807, 2.05) is 0 Å². The van der Waals surface area contributed by atoms with E-state index in [1.54, 1.807) is 6.07 Å². The highest BCUT2D eigenvalue weighted by Gasteiger charge is 2.29. The summed E-state index contributed by atoms with van der Waals surface area (Å²) in [5.74, 6) is 0.174. The second-order valence-electron chi connectivity index (χ2n) is 4.79. The first-order valence-corrected chi connectivity index (χ1v) is 5.83. The van der Waals surface area contributed by atoms with Crippen LogP contribution in [0.15, 0.2) is 18.2 Å². The molecule has 2 N–H and O–H groups in total. The van der Waals surface area contributed by atoms with Crippen LogP contribution in [0, 0.1) is 5.82 Å². The summed E-state index contributed by atoms with van der Waals surface area (Å²) in [6, 6.07) is 4.28. The Labute approximate surface area is 95.6 Å². The molecule has 2 rings (SSSR count). The maximum Gasteiger partial charge on any atom is 0.145 e. The molecule has 0 radical (unpaired) electrons. The number of hydrogen-bond acceptors (Lipinski definition) is 2. The number of nitrogens with two attached hydrogens (primary N) is 1. The van der Waals surface area contributed by atoms with Crippen LogP contribution in [0.5, 0.6) is 5.75 Å². The van der Waals surface area contributed by atoms with Gasteiger partial charge in [0.15, 0.2) is 0 Å². The van der Waals surface area contributed by atoms with Gasteiger partial charge in [-0.3, -0.25) is 0 Å². The van der Waals surface area contributed by atoms with Gasteiger partial charge in [0.2, 0.25) is 0 Å². The monoisotopic (exact) mass is 223 g/mol. The molecule has 3 heteroatoms. The Morgan fingerprint density at radius 3 is 2.62 bits per heavy atom. The second kappa shape index (κ2) is 4.32. The van der Waals surface area contributed by atoms with Crippen LogP contribution in [-0.2, 0) is 0 Å². The summed E-state index contributed by atoms with van der Waals surface area (Å²) >= 11 is 0. The van der Waals surface area contributed by atoms with Crippen molar-refractivity contribution < 1.29 is 9.13 Å². The Hall–Kier alpha value is -1.25. The van der Waals surface area contributed by atoms with Crippen molar-refractivity contribution in [2.75, 3.05) is 5.73 Å². The van der Waals surface area contributed by atoms with Gasteiger partial charge in [-0.15, -0.1) is 0 Å². The lowest BCUT2D eigenvalue weighted by atomic mass is 9.86. The lowest BCUT2D eigenvalue weighted by Gasteiger charge is -2.34. The third-order valence-corrected chi connectivity index (χ3v) is 3.24. The Morgan fingerprint density at radius 2 is 1.94 bits per heavy atom. The summed E-state index contributed by atoms with van der Waals surface area (Å²) in [5.41, 5.74) is 6.10. The quantitative estimate of drug-likeness (QED) is 0.779. The van der Waals surface area contributed by atoms with Crippen molar-refractivity contribution in [3.8, 4) is 5.75 Å². The molecule has 2 nitrogen and oxygen atoms in total. The number of hydrogen-bond donors (Lipinski definition) is 1. The number of ether oxygens (including phenoxy) is 1. The fourth-order valence-corrected chi connectivity index (χ4v) is 2.26. The molecule has 0 atom stereocenters. The SMILES string of the molecule is CC1(Oc2cc(F)ccc2N)CCCCC1. The van der Waals surface area contributed by atoms with Crippen LogP contribution in [0.25, 0.3) is 0 Å². The number of nitrogen functional groups attached to an aromatic ring is 1. The van der Waals surface area contributed by atoms with Gasteiger partial charge < -0.3 is 10.5 Å². The highest BCUT2D eigenvalue weighted by atomic mass is 19.1. The van der Waals surface area contributed by atoms with E-state index < -0.39 is 0 Å². The molecule has 1 aliphatic rings. The number of halogens is 1. The molecule has 0 amide bonds. The van der Waals surface area contributed by atoms with E-state index >= 15 is 0 Å². The Kier molecular flexibility index (Phi) is 3.03. The Balaban J connectivity index is 2.15. The molecule has 0 saturated heterocycles. The molecule has 0 aliphatic heterocycles. The highest BCUT2D eigenvalue weighted by molar-refractivity contribution is 5.52. The van der Waals surface area contributed by atoms with Crippen LogP contribution < -0.4 is 10.5 Å². The molecule has 1 fully saturated rings. The minimum Gasteiger partial charge on any atom is -0.485 e. The molecule has 1 saturated carbocycles. The van der Waals surface area contributed by atoms with Crippen LogP contribution in [-0.4, -0.2) is 5.60 Å². The first-order valence-electron chi connectivity index (χ1n) is 5.83. The van der Waals surface area contributed by atoms with Crippen LogP contribution in [0.2, 0.25) is 0 Å². The zero-order valence-electron chi connectivity index (χ0n) is 9.63. The van der Waals surface area contributed by atoms with Gasteiger partial charge in [-0.1, -0.05) is 6.42 Å². The molecule has 1 aromatic carbocycles. The first-order chi connectivity index (χ1) is 7.59. The van der Waals surface area contributed by atoms with Crippen molar-refractivity contribution in [3.05, 3.63) is 24.0 Å². The molecule has 88 valence electrons. The smallest absolute Gasteiger partial charge is 0.145 e. The minimum absolute atomic E-state index is 0.180. The van der Waals surface area contributed by atoms with Crippen molar-refractivity contribution >= 4 is 5.69 Å². The van der Waals surface area contributed by atoms with Gasteiger partial charge in [0, 0.05) is 6.07 Å². The Bertz CT molecular complexity index is 372. The topological polar surface area (TPSA) is 35.2 Å². The molecule has 16 heavy (non-hydrogen) atoms. The fourth-order valence-electron chi connectivity index (χ4n) is 2.26. The van der Waals surface area contributed by atoms with Crippen LogP contribution >= 0.6 is 0 Å². The summed E-state index contributed by atoms with van der Waals surface area (Å²) in [7, 11) is 0. The summed E-state index contributed by atoms with van der Waals surface area (Å²) in [4.78, 5) is 0. The number of benzene rings is 1. The van der Waals surface area contributed by atoms with E-state index in [4.69, 9.17) is 10.5 Å². The molecule has 0 bridgehead atoms. The highest BCUT2D eigenvalue weighted by Crippen LogP contribution is 2.35. The Morgan fingerprint density at radius 1 is 1.25 bits per heavy atom. The molecule has 1 aromatic rings. The normalized spacial score (nSPS) is 19.4. The molecule has 0 heterocycles. The molecular weight excluding hydrogens is 205 g/mol. The molecular formula is C13H18FNO. The fraction of sp³-hybridized carbons (Fsp3) is 0.538. The standard InChI is InChI=1S/C13H18FNO/c1-13(7-3-2-4-8-13)16-12-9-10(14)5-6-11(12)15/h5-6,9H,2-4,7-8,15H2,1H3. The van der Waals surface area contributed by atoms with E-state index in [2.05, 4.69) is 6.92 Å². The first kappa shape index (κ1) is 11.2. The van der Waals surface area contributed by atoms with Crippen LogP contribution in [0.4, 0.5) is 10.1 Å². The van der Waals surface area contributed by atoms with Crippen molar-refractivity contribution in [3.63, 3.8) is 0 Å². The van der Waals surface area contributed by atoms with E-state index in [-0.39, 0.29) is 11.4 Å². The second-order valence-corrected chi connectivity index (χ2v) is 4.79. The van der Waals surface area contributed by atoms with E-state index in [1.165, 1.54) is 31.4 Å².